The summed E-state index contributed by atoms with van der Waals surface area (Å²) in [5.41, 5.74) is 1.30. The minimum Gasteiger partial charge on any atom is -0.311 e. The molecular formula is C16H22FN. The molecule has 18 heavy (non-hydrogen) atoms. The Bertz CT molecular complexity index is 394. The van der Waals surface area contributed by atoms with Crippen molar-refractivity contribution in [3.8, 4) is 0 Å². The summed E-state index contributed by atoms with van der Waals surface area (Å²) in [6, 6.07) is 8.53. The van der Waals surface area contributed by atoms with E-state index in [0.29, 0.717) is 12.0 Å². The van der Waals surface area contributed by atoms with Crippen LogP contribution >= 0.6 is 0 Å². The molecule has 3 rings (SSSR count). The van der Waals surface area contributed by atoms with Gasteiger partial charge in [-0.05, 0) is 55.2 Å². The molecule has 2 saturated carbocycles. The molecule has 1 nitrogen and oxygen atoms in total. The number of halogens is 1. The molecule has 1 aromatic carbocycles. The second-order valence-electron chi connectivity index (χ2n) is 5.97. The molecule has 2 aliphatic rings. The first kappa shape index (κ1) is 12.2. The first-order chi connectivity index (χ1) is 8.76. The first-order valence-corrected chi connectivity index (χ1v) is 7.27. The van der Waals surface area contributed by atoms with Crippen LogP contribution in [0.25, 0.3) is 0 Å². The summed E-state index contributed by atoms with van der Waals surface area (Å²) in [7, 11) is 0. The molecule has 0 heterocycles. The Kier molecular flexibility index (Phi) is 3.38. The second kappa shape index (κ2) is 5.00. The summed E-state index contributed by atoms with van der Waals surface area (Å²) in [5.74, 6) is 1.46. The van der Waals surface area contributed by atoms with Crippen molar-refractivity contribution in [2.75, 3.05) is 0 Å². The quantitative estimate of drug-likeness (QED) is 0.833. The molecule has 0 amide bonds. The summed E-state index contributed by atoms with van der Waals surface area (Å²) in [6.45, 7) is 2.27. The van der Waals surface area contributed by atoms with Crippen molar-refractivity contribution in [1.82, 2.24) is 5.32 Å². The molecule has 2 atom stereocenters. The third-order valence-electron chi connectivity index (χ3n) is 4.51. The average Bonchev–Trinajstić information content (AvgIpc) is 3.04. The van der Waals surface area contributed by atoms with E-state index in [1.54, 1.807) is 12.1 Å². The Labute approximate surface area is 109 Å². The van der Waals surface area contributed by atoms with Crippen LogP contribution in [0.3, 0.4) is 0 Å². The van der Waals surface area contributed by atoms with E-state index >= 15 is 0 Å². The lowest BCUT2D eigenvalue weighted by Gasteiger charge is -2.36. The largest absolute Gasteiger partial charge is 0.311 e. The Morgan fingerprint density at radius 3 is 2.56 bits per heavy atom. The summed E-state index contributed by atoms with van der Waals surface area (Å²) < 4.78 is 12.8. The van der Waals surface area contributed by atoms with Crippen LogP contribution in [0.4, 0.5) is 4.39 Å². The van der Waals surface area contributed by atoms with Gasteiger partial charge >= 0.3 is 0 Å². The van der Waals surface area contributed by atoms with Gasteiger partial charge in [0.15, 0.2) is 0 Å². The third-order valence-corrected chi connectivity index (χ3v) is 4.51. The van der Waals surface area contributed by atoms with Crippen molar-refractivity contribution in [2.45, 2.75) is 57.0 Å². The van der Waals surface area contributed by atoms with Gasteiger partial charge in [0.25, 0.3) is 0 Å². The van der Waals surface area contributed by atoms with Crippen molar-refractivity contribution < 1.29 is 4.39 Å². The van der Waals surface area contributed by atoms with Gasteiger partial charge in [0.05, 0.1) is 0 Å². The number of benzene rings is 1. The van der Waals surface area contributed by atoms with Crippen molar-refractivity contribution in [3.63, 3.8) is 0 Å². The van der Waals surface area contributed by atoms with Crippen LogP contribution in [-0.4, -0.2) is 12.1 Å². The van der Waals surface area contributed by atoms with Crippen LogP contribution in [0, 0.1) is 11.7 Å². The second-order valence-corrected chi connectivity index (χ2v) is 5.97. The fraction of sp³-hybridized carbons (Fsp3) is 0.625. The molecule has 2 fully saturated rings. The van der Waals surface area contributed by atoms with Crippen molar-refractivity contribution >= 4 is 0 Å². The fourth-order valence-corrected chi connectivity index (χ4v) is 3.21. The molecule has 98 valence electrons. The third kappa shape index (κ3) is 2.59. The highest BCUT2D eigenvalue weighted by Gasteiger charge is 2.40. The Hall–Kier alpha value is -0.890. The highest BCUT2D eigenvalue weighted by molar-refractivity contribution is 5.23. The normalized spacial score (nSPS) is 34.1. The number of hydrogen-bond acceptors (Lipinski definition) is 1. The number of hydrogen-bond donors (Lipinski definition) is 1. The molecule has 2 heteroatoms. The van der Waals surface area contributed by atoms with Crippen molar-refractivity contribution in [2.24, 2.45) is 5.92 Å². The molecule has 1 N–H and O–H groups in total. The van der Waals surface area contributed by atoms with Crippen molar-refractivity contribution in [3.05, 3.63) is 35.6 Å². The van der Waals surface area contributed by atoms with E-state index in [4.69, 9.17) is 0 Å². The fourth-order valence-electron chi connectivity index (χ4n) is 3.21. The molecule has 2 unspecified atom stereocenters. The zero-order chi connectivity index (χ0) is 12.5. The van der Waals surface area contributed by atoms with E-state index < -0.39 is 0 Å². The van der Waals surface area contributed by atoms with Crippen LogP contribution in [0.2, 0.25) is 0 Å². The van der Waals surface area contributed by atoms with E-state index in [-0.39, 0.29) is 5.82 Å². The maximum Gasteiger partial charge on any atom is 0.123 e. The number of nitrogens with one attached hydrogen (secondary N) is 1. The van der Waals surface area contributed by atoms with Crippen LogP contribution < -0.4 is 5.32 Å². The zero-order valence-corrected chi connectivity index (χ0v) is 11.0. The van der Waals surface area contributed by atoms with Gasteiger partial charge in [-0.25, -0.2) is 4.39 Å². The maximum atomic E-state index is 12.8. The molecule has 0 saturated heterocycles. The molecule has 0 radical (unpaired) electrons. The summed E-state index contributed by atoms with van der Waals surface area (Å²) in [6.07, 6.45) is 6.52. The topological polar surface area (TPSA) is 12.0 Å². The SMILES string of the molecule is CCCC1CC1NC1CC(c2ccc(F)cc2)C1. The molecule has 1 aromatic rings. The minimum atomic E-state index is -0.131. The van der Waals surface area contributed by atoms with Gasteiger partial charge in [-0.15, -0.1) is 0 Å². The van der Waals surface area contributed by atoms with E-state index in [9.17, 15) is 4.39 Å². The van der Waals surface area contributed by atoms with Crippen LogP contribution in [0.1, 0.15) is 50.5 Å². The Morgan fingerprint density at radius 1 is 1.17 bits per heavy atom. The number of rotatable bonds is 5. The molecule has 0 bridgehead atoms. The van der Waals surface area contributed by atoms with E-state index in [0.717, 1.165) is 12.0 Å². The summed E-state index contributed by atoms with van der Waals surface area (Å²) in [5, 5.41) is 3.76. The van der Waals surface area contributed by atoms with Crippen LogP contribution in [0.15, 0.2) is 24.3 Å². The predicted molar refractivity (Wildman–Crippen MR) is 72.1 cm³/mol. The van der Waals surface area contributed by atoms with Crippen molar-refractivity contribution in [1.29, 1.82) is 0 Å². The van der Waals surface area contributed by atoms with Gasteiger partial charge < -0.3 is 5.32 Å². The molecule has 0 aliphatic heterocycles. The van der Waals surface area contributed by atoms with Gasteiger partial charge in [-0.3, -0.25) is 0 Å². The van der Waals surface area contributed by atoms with E-state index in [1.165, 1.54) is 37.7 Å². The first-order valence-electron chi connectivity index (χ1n) is 7.27. The summed E-state index contributed by atoms with van der Waals surface area (Å²) in [4.78, 5) is 0. The Balaban J connectivity index is 1.42. The highest BCUT2D eigenvalue weighted by atomic mass is 19.1. The highest BCUT2D eigenvalue weighted by Crippen LogP contribution is 2.41. The predicted octanol–water partition coefficient (Wildman–Crippen LogP) is 3.85. The van der Waals surface area contributed by atoms with Crippen LogP contribution in [-0.2, 0) is 0 Å². The smallest absolute Gasteiger partial charge is 0.123 e. The van der Waals surface area contributed by atoms with E-state index in [1.807, 2.05) is 12.1 Å². The minimum absolute atomic E-state index is 0.131. The standard InChI is InChI=1S/C16H22FN/c1-2-3-12-10-16(12)18-15-8-13(9-15)11-4-6-14(17)7-5-11/h4-7,12-13,15-16,18H,2-3,8-10H2,1H3. The lowest BCUT2D eigenvalue weighted by molar-refractivity contribution is 0.284. The monoisotopic (exact) mass is 247 g/mol. The molecule has 0 spiro atoms. The summed E-state index contributed by atoms with van der Waals surface area (Å²) >= 11 is 0. The maximum absolute atomic E-state index is 12.8. The average molecular weight is 247 g/mol. The molecular weight excluding hydrogens is 225 g/mol. The van der Waals surface area contributed by atoms with Gasteiger partial charge in [-0.2, -0.15) is 0 Å². The zero-order valence-electron chi connectivity index (χ0n) is 11.0. The Morgan fingerprint density at radius 2 is 1.89 bits per heavy atom. The lowest BCUT2D eigenvalue weighted by atomic mass is 9.76. The van der Waals surface area contributed by atoms with Gasteiger partial charge in [0.1, 0.15) is 5.82 Å². The van der Waals surface area contributed by atoms with Crippen LogP contribution in [0.5, 0.6) is 0 Å². The van der Waals surface area contributed by atoms with Gasteiger partial charge in [-0.1, -0.05) is 25.5 Å². The van der Waals surface area contributed by atoms with E-state index in [2.05, 4.69) is 12.2 Å². The van der Waals surface area contributed by atoms with Gasteiger partial charge in [0, 0.05) is 12.1 Å². The molecule has 0 aromatic heterocycles. The lowest BCUT2D eigenvalue weighted by Crippen LogP contribution is -2.41. The molecule has 2 aliphatic carbocycles. The van der Waals surface area contributed by atoms with Gasteiger partial charge in [0.2, 0.25) is 0 Å².